The number of likely N-dealkylation sites (tertiary alicyclic amines) is 1. The van der Waals surface area contributed by atoms with Gasteiger partial charge in [-0.2, -0.15) is 0 Å². The van der Waals surface area contributed by atoms with Gasteiger partial charge in [-0.3, -0.25) is 14.1 Å². The van der Waals surface area contributed by atoms with Crippen LogP contribution in [0.15, 0.2) is 29.2 Å². The minimum absolute atomic E-state index is 0.00261. The van der Waals surface area contributed by atoms with E-state index in [0.29, 0.717) is 6.04 Å². The zero-order chi connectivity index (χ0) is 14.8. The number of hydrogen-bond donors (Lipinski definition) is 1. The van der Waals surface area contributed by atoms with Crippen molar-refractivity contribution in [3.63, 3.8) is 0 Å². The fraction of sp³-hybridized carbons (Fsp3) is 0.500. The maximum atomic E-state index is 12.2. The van der Waals surface area contributed by atoms with Crippen LogP contribution in [-0.2, 0) is 6.54 Å². The molecule has 1 N–H and O–H groups in total. The summed E-state index contributed by atoms with van der Waals surface area (Å²) in [5.41, 5.74) is 2.71. The van der Waals surface area contributed by atoms with E-state index in [1.165, 1.54) is 12.8 Å². The number of aromatic nitrogens is 2. The van der Waals surface area contributed by atoms with Crippen molar-refractivity contribution < 1.29 is 0 Å². The molecule has 0 radical (unpaired) electrons. The van der Waals surface area contributed by atoms with Gasteiger partial charge in [-0.05, 0) is 51.1 Å². The van der Waals surface area contributed by atoms with Crippen molar-refractivity contribution in [2.75, 3.05) is 20.1 Å². The van der Waals surface area contributed by atoms with E-state index in [1.54, 1.807) is 16.7 Å². The van der Waals surface area contributed by atoms with Crippen LogP contribution in [0.4, 0.5) is 0 Å². The van der Waals surface area contributed by atoms with E-state index in [4.69, 9.17) is 0 Å². The monoisotopic (exact) mass is 286 g/mol. The van der Waals surface area contributed by atoms with Gasteiger partial charge in [0.05, 0.1) is 5.69 Å². The van der Waals surface area contributed by atoms with Gasteiger partial charge in [0.15, 0.2) is 0 Å². The summed E-state index contributed by atoms with van der Waals surface area (Å²) in [5.74, 6) is 0. The number of piperidine rings is 1. The second kappa shape index (κ2) is 5.95. The van der Waals surface area contributed by atoms with Crippen molar-refractivity contribution in [2.24, 2.45) is 0 Å². The molecule has 0 spiro atoms. The molecular weight excluding hydrogens is 264 g/mol. The second-order valence-electron chi connectivity index (χ2n) is 5.88. The standard InChI is InChI=1S/C16H22N4O/c1-12-5-7-20-15(8-12)18-14(9-16(20)21)11-19-6-3-4-13(10-19)17-2/h5,7-9,13,17H,3-4,6,10-11H2,1-2H3. The average Bonchev–Trinajstić information content (AvgIpc) is 2.47. The number of nitrogens with zero attached hydrogens (tertiary/aromatic N) is 3. The molecule has 1 unspecified atom stereocenters. The van der Waals surface area contributed by atoms with Crippen molar-refractivity contribution in [1.82, 2.24) is 19.6 Å². The summed E-state index contributed by atoms with van der Waals surface area (Å²) in [6.45, 7) is 4.86. The lowest BCUT2D eigenvalue weighted by Gasteiger charge is -2.32. The molecule has 3 rings (SSSR count). The van der Waals surface area contributed by atoms with Crippen molar-refractivity contribution in [3.05, 3.63) is 46.0 Å². The Kier molecular flexibility index (Phi) is 4.03. The molecule has 1 aliphatic heterocycles. The molecule has 5 nitrogen and oxygen atoms in total. The largest absolute Gasteiger partial charge is 0.316 e. The third-order valence-electron chi connectivity index (χ3n) is 4.18. The van der Waals surface area contributed by atoms with Crippen LogP contribution in [-0.4, -0.2) is 40.5 Å². The highest BCUT2D eigenvalue weighted by atomic mass is 16.1. The average molecular weight is 286 g/mol. The van der Waals surface area contributed by atoms with Crippen LogP contribution in [0.5, 0.6) is 0 Å². The number of rotatable bonds is 3. The van der Waals surface area contributed by atoms with Crippen LogP contribution < -0.4 is 10.9 Å². The van der Waals surface area contributed by atoms with Crippen molar-refractivity contribution >= 4 is 5.65 Å². The first-order valence-electron chi connectivity index (χ1n) is 7.54. The van der Waals surface area contributed by atoms with E-state index in [9.17, 15) is 4.79 Å². The van der Waals surface area contributed by atoms with Gasteiger partial charge in [0, 0.05) is 31.4 Å². The lowest BCUT2D eigenvalue weighted by molar-refractivity contribution is 0.186. The Morgan fingerprint density at radius 1 is 1.43 bits per heavy atom. The third kappa shape index (κ3) is 3.14. The van der Waals surface area contributed by atoms with Gasteiger partial charge >= 0.3 is 0 Å². The van der Waals surface area contributed by atoms with Crippen LogP contribution in [0.25, 0.3) is 5.65 Å². The van der Waals surface area contributed by atoms with E-state index >= 15 is 0 Å². The molecule has 2 aromatic rings. The van der Waals surface area contributed by atoms with Crippen molar-refractivity contribution in [3.8, 4) is 0 Å². The smallest absolute Gasteiger partial charge is 0.258 e. The number of hydrogen-bond acceptors (Lipinski definition) is 4. The van der Waals surface area contributed by atoms with Gasteiger partial charge < -0.3 is 5.32 Å². The predicted molar refractivity (Wildman–Crippen MR) is 83.6 cm³/mol. The van der Waals surface area contributed by atoms with E-state index in [0.717, 1.165) is 36.5 Å². The summed E-state index contributed by atoms with van der Waals surface area (Å²) in [6, 6.07) is 6.09. The Morgan fingerprint density at radius 3 is 3.10 bits per heavy atom. The lowest BCUT2D eigenvalue weighted by atomic mass is 10.1. The summed E-state index contributed by atoms with van der Waals surface area (Å²) < 4.78 is 1.60. The highest BCUT2D eigenvalue weighted by molar-refractivity contribution is 5.41. The minimum atomic E-state index is -0.00261. The zero-order valence-corrected chi connectivity index (χ0v) is 12.7. The number of pyridine rings is 1. The normalized spacial score (nSPS) is 20.0. The number of aryl methyl sites for hydroxylation is 1. The van der Waals surface area contributed by atoms with Crippen LogP contribution in [0.2, 0.25) is 0 Å². The topological polar surface area (TPSA) is 49.6 Å². The van der Waals surface area contributed by atoms with Crippen LogP contribution in [0.3, 0.4) is 0 Å². The van der Waals surface area contributed by atoms with Gasteiger partial charge in [-0.1, -0.05) is 0 Å². The second-order valence-corrected chi connectivity index (χ2v) is 5.88. The SMILES string of the molecule is CNC1CCCN(Cc2cc(=O)n3ccc(C)cc3n2)C1. The highest BCUT2D eigenvalue weighted by Crippen LogP contribution is 2.12. The molecular formula is C16H22N4O. The van der Waals surface area contributed by atoms with Gasteiger partial charge in [-0.15, -0.1) is 0 Å². The third-order valence-corrected chi connectivity index (χ3v) is 4.18. The van der Waals surface area contributed by atoms with Gasteiger partial charge in [0.2, 0.25) is 0 Å². The molecule has 2 aromatic heterocycles. The Balaban J connectivity index is 1.85. The molecule has 1 atom stereocenters. The van der Waals surface area contributed by atoms with E-state index < -0.39 is 0 Å². The first-order chi connectivity index (χ1) is 10.2. The fourth-order valence-corrected chi connectivity index (χ4v) is 3.00. The Bertz CT molecular complexity index is 694. The number of likely N-dealkylation sites (N-methyl/N-ethyl adjacent to an activating group) is 1. The maximum Gasteiger partial charge on any atom is 0.258 e. The van der Waals surface area contributed by atoms with Gasteiger partial charge in [0.1, 0.15) is 5.65 Å². The molecule has 3 heterocycles. The molecule has 5 heteroatoms. The predicted octanol–water partition coefficient (Wildman–Crippen LogP) is 1.19. The maximum absolute atomic E-state index is 12.2. The van der Waals surface area contributed by atoms with E-state index in [2.05, 4.69) is 15.2 Å². The zero-order valence-electron chi connectivity index (χ0n) is 12.7. The fourth-order valence-electron chi connectivity index (χ4n) is 3.00. The summed E-state index contributed by atoms with van der Waals surface area (Å²) in [6.07, 6.45) is 4.21. The van der Waals surface area contributed by atoms with Gasteiger partial charge in [0.25, 0.3) is 5.56 Å². The van der Waals surface area contributed by atoms with E-state index in [-0.39, 0.29) is 5.56 Å². The number of nitrogens with one attached hydrogen (secondary N) is 1. The Labute approximate surface area is 124 Å². The molecule has 21 heavy (non-hydrogen) atoms. The molecule has 0 amide bonds. The molecule has 1 fully saturated rings. The first-order valence-corrected chi connectivity index (χ1v) is 7.54. The number of fused-ring (bicyclic) bond motifs is 1. The van der Waals surface area contributed by atoms with Crippen molar-refractivity contribution in [2.45, 2.75) is 32.4 Å². The van der Waals surface area contributed by atoms with E-state index in [1.807, 2.05) is 26.1 Å². The summed E-state index contributed by atoms with van der Waals surface area (Å²) in [4.78, 5) is 19.2. The lowest BCUT2D eigenvalue weighted by Crippen LogP contribution is -2.44. The summed E-state index contributed by atoms with van der Waals surface area (Å²) >= 11 is 0. The Morgan fingerprint density at radius 2 is 2.29 bits per heavy atom. The summed E-state index contributed by atoms with van der Waals surface area (Å²) in [7, 11) is 2.01. The van der Waals surface area contributed by atoms with Crippen LogP contribution in [0.1, 0.15) is 24.1 Å². The molecule has 0 saturated carbocycles. The quantitative estimate of drug-likeness (QED) is 0.921. The molecule has 0 bridgehead atoms. The minimum Gasteiger partial charge on any atom is -0.316 e. The molecule has 1 saturated heterocycles. The van der Waals surface area contributed by atoms with Gasteiger partial charge in [-0.25, -0.2) is 4.98 Å². The van der Waals surface area contributed by atoms with Crippen LogP contribution in [0, 0.1) is 6.92 Å². The molecule has 112 valence electrons. The van der Waals surface area contributed by atoms with Crippen molar-refractivity contribution in [1.29, 1.82) is 0 Å². The summed E-state index contributed by atoms with van der Waals surface area (Å²) in [5, 5.41) is 3.34. The first kappa shape index (κ1) is 14.2. The highest BCUT2D eigenvalue weighted by Gasteiger charge is 2.19. The van der Waals surface area contributed by atoms with Crippen LogP contribution >= 0.6 is 0 Å². The molecule has 0 aromatic carbocycles. The molecule has 0 aliphatic carbocycles. The Hall–Kier alpha value is -1.72. The molecule has 1 aliphatic rings.